The highest BCUT2D eigenvalue weighted by Gasteiger charge is 2.24. The fourth-order valence-electron chi connectivity index (χ4n) is 3.34. The Hall–Kier alpha value is -2.38. The van der Waals surface area contributed by atoms with Gasteiger partial charge >= 0.3 is 0 Å². The standard InChI is InChI=1S/C18H20N4O2S/c1-14-20-18-16(21-12-10-19-11-13-21)8-5-9-17(18)22(14)25(23,24)15-6-3-2-4-7-15/h2-9,19H,10-13H2,1H3. The van der Waals surface area contributed by atoms with Crippen molar-refractivity contribution in [2.24, 2.45) is 0 Å². The molecule has 25 heavy (non-hydrogen) atoms. The Kier molecular flexibility index (Phi) is 3.97. The van der Waals surface area contributed by atoms with Crippen molar-refractivity contribution in [3.05, 3.63) is 54.4 Å². The second-order valence-electron chi connectivity index (χ2n) is 6.12. The molecule has 0 aliphatic carbocycles. The van der Waals surface area contributed by atoms with Gasteiger partial charge < -0.3 is 10.2 Å². The van der Waals surface area contributed by atoms with Gasteiger partial charge in [0.1, 0.15) is 11.3 Å². The van der Waals surface area contributed by atoms with Crippen LogP contribution in [0.5, 0.6) is 0 Å². The first-order valence-corrected chi connectivity index (χ1v) is 9.77. The van der Waals surface area contributed by atoms with Gasteiger partial charge in [0.2, 0.25) is 0 Å². The third kappa shape index (κ3) is 2.69. The fourth-order valence-corrected chi connectivity index (χ4v) is 4.85. The minimum Gasteiger partial charge on any atom is -0.367 e. The van der Waals surface area contributed by atoms with Crippen molar-refractivity contribution in [1.29, 1.82) is 0 Å². The molecule has 2 aromatic carbocycles. The lowest BCUT2D eigenvalue weighted by Crippen LogP contribution is -2.43. The van der Waals surface area contributed by atoms with Gasteiger partial charge in [-0.05, 0) is 31.2 Å². The third-order valence-corrected chi connectivity index (χ3v) is 6.33. The number of hydrogen-bond acceptors (Lipinski definition) is 5. The number of piperazine rings is 1. The zero-order valence-corrected chi connectivity index (χ0v) is 14.8. The van der Waals surface area contributed by atoms with Crippen LogP contribution >= 0.6 is 0 Å². The fraction of sp³-hybridized carbons (Fsp3) is 0.278. The second kappa shape index (κ2) is 6.16. The molecule has 7 heteroatoms. The summed E-state index contributed by atoms with van der Waals surface area (Å²) in [7, 11) is -3.68. The molecule has 1 aliphatic heterocycles. The van der Waals surface area contributed by atoms with E-state index in [4.69, 9.17) is 0 Å². The monoisotopic (exact) mass is 356 g/mol. The summed E-state index contributed by atoms with van der Waals surface area (Å²) >= 11 is 0. The van der Waals surface area contributed by atoms with Crippen LogP contribution in [0, 0.1) is 6.92 Å². The summed E-state index contributed by atoms with van der Waals surface area (Å²) in [6.07, 6.45) is 0. The van der Waals surface area contributed by atoms with E-state index in [2.05, 4.69) is 15.2 Å². The number of aromatic nitrogens is 2. The van der Waals surface area contributed by atoms with Crippen LogP contribution in [0.1, 0.15) is 5.82 Å². The number of nitrogens with one attached hydrogen (secondary N) is 1. The Morgan fingerprint density at radius 3 is 2.44 bits per heavy atom. The van der Waals surface area contributed by atoms with Crippen LogP contribution in [0.15, 0.2) is 53.4 Å². The van der Waals surface area contributed by atoms with Crippen molar-refractivity contribution in [2.75, 3.05) is 31.1 Å². The minimum atomic E-state index is -3.68. The molecule has 1 N–H and O–H groups in total. The molecular weight excluding hydrogens is 336 g/mol. The molecule has 0 saturated carbocycles. The van der Waals surface area contributed by atoms with Crippen LogP contribution in [0.2, 0.25) is 0 Å². The Morgan fingerprint density at radius 2 is 1.72 bits per heavy atom. The van der Waals surface area contributed by atoms with Gasteiger partial charge in [0.05, 0.1) is 16.1 Å². The van der Waals surface area contributed by atoms with E-state index < -0.39 is 10.0 Å². The molecule has 130 valence electrons. The van der Waals surface area contributed by atoms with E-state index in [1.54, 1.807) is 37.3 Å². The third-order valence-electron chi connectivity index (χ3n) is 4.52. The predicted molar refractivity (Wildman–Crippen MR) is 98.6 cm³/mol. The molecule has 0 atom stereocenters. The van der Waals surface area contributed by atoms with Crippen molar-refractivity contribution in [2.45, 2.75) is 11.8 Å². The Morgan fingerprint density at radius 1 is 1.00 bits per heavy atom. The number of hydrogen-bond donors (Lipinski definition) is 1. The molecular formula is C18H20N4O2S. The lowest BCUT2D eigenvalue weighted by molar-refractivity contribution is 0.587. The smallest absolute Gasteiger partial charge is 0.269 e. The highest BCUT2D eigenvalue weighted by atomic mass is 32.2. The summed E-state index contributed by atoms with van der Waals surface area (Å²) in [4.78, 5) is 7.12. The minimum absolute atomic E-state index is 0.268. The molecule has 4 rings (SSSR count). The molecule has 0 bridgehead atoms. The van der Waals surface area contributed by atoms with Crippen LogP contribution in [0.25, 0.3) is 11.0 Å². The van der Waals surface area contributed by atoms with E-state index in [9.17, 15) is 8.42 Å². The summed E-state index contributed by atoms with van der Waals surface area (Å²) in [6.45, 7) is 5.34. The predicted octanol–water partition coefficient (Wildman–Crippen LogP) is 1.99. The Balaban J connectivity index is 1.90. The van der Waals surface area contributed by atoms with Gasteiger partial charge in [-0.3, -0.25) is 0 Å². The number of rotatable bonds is 3. The summed E-state index contributed by atoms with van der Waals surface area (Å²) in [6, 6.07) is 14.2. The van der Waals surface area contributed by atoms with Gasteiger partial charge in [0.15, 0.2) is 0 Å². The van der Waals surface area contributed by atoms with Gasteiger partial charge in [0, 0.05) is 26.2 Å². The van der Waals surface area contributed by atoms with Crippen LogP contribution in [-0.2, 0) is 10.0 Å². The number of aryl methyl sites for hydroxylation is 1. The summed E-state index contributed by atoms with van der Waals surface area (Å²) in [5.41, 5.74) is 2.35. The van der Waals surface area contributed by atoms with Crippen molar-refractivity contribution in [3.63, 3.8) is 0 Å². The van der Waals surface area contributed by atoms with Crippen LogP contribution in [0.4, 0.5) is 5.69 Å². The highest BCUT2D eigenvalue weighted by molar-refractivity contribution is 7.90. The summed E-state index contributed by atoms with van der Waals surface area (Å²) in [5.74, 6) is 0.474. The van der Waals surface area contributed by atoms with Gasteiger partial charge in [0.25, 0.3) is 10.0 Å². The Bertz CT molecular complexity index is 1010. The summed E-state index contributed by atoms with van der Waals surface area (Å²) in [5, 5.41) is 3.33. The quantitative estimate of drug-likeness (QED) is 0.777. The lowest BCUT2D eigenvalue weighted by atomic mass is 10.2. The molecule has 1 fully saturated rings. The second-order valence-corrected chi connectivity index (χ2v) is 7.91. The van der Waals surface area contributed by atoms with Crippen LogP contribution in [0.3, 0.4) is 0 Å². The molecule has 1 saturated heterocycles. The number of benzene rings is 2. The number of fused-ring (bicyclic) bond motifs is 1. The average Bonchev–Trinajstić information content (AvgIpc) is 2.99. The first kappa shape index (κ1) is 16.1. The van der Waals surface area contributed by atoms with E-state index in [0.29, 0.717) is 11.3 Å². The maximum atomic E-state index is 13.1. The summed E-state index contributed by atoms with van der Waals surface area (Å²) < 4.78 is 27.6. The zero-order chi connectivity index (χ0) is 17.4. The highest BCUT2D eigenvalue weighted by Crippen LogP contribution is 2.30. The van der Waals surface area contributed by atoms with Crippen molar-refractivity contribution < 1.29 is 8.42 Å². The lowest BCUT2D eigenvalue weighted by Gasteiger charge is -2.29. The van der Waals surface area contributed by atoms with Crippen molar-refractivity contribution in [3.8, 4) is 0 Å². The molecule has 3 aromatic rings. The van der Waals surface area contributed by atoms with Gasteiger partial charge in [-0.15, -0.1) is 0 Å². The number of imidazole rings is 1. The van der Waals surface area contributed by atoms with Gasteiger partial charge in [-0.1, -0.05) is 24.3 Å². The number of anilines is 1. The normalized spacial score (nSPS) is 15.6. The SMILES string of the molecule is Cc1nc2c(N3CCNCC3)cccc2n1S(=O)(=O)c1ccccc1. The van der Waals surface area contributed by atoms with Crippen molar-refractivity contribution in [1.82, 2.24) is 14.3 Å². The molecule has 0 unspecified atom stereocenters. The molecule has 0 radical (unpaired) electrons. The van der Waals surface area contributed by atoms with Crippen LogP contribution < -0.4 is 10.2 Å². The average molecular weight is 356 g/mol. The largest absolute Gasteiger partial charge is 0.367 e. The van der Waals surface area contributed by atoms with Crippen LogP contribution in [-0.4, -0.2) is 43.6 Å². The van der Waals surface area contributed by atoms with E-state index in [-0.39, 0.29) is 4.90 Å². The van der Waals surface area contributed by atoms with Gasteiger partial charge in [-0.2, -0.15) is 0 Å². The molecule has 1 aliphatic rings. The molecule has 6 nitrogen and oxygen atoms in total. The van der Waals surface area contributed by atoms with E-state index in [0.717, 1.165) is 37.4 Å². The Labute approximate surface area is 147 Å². The van der Waals surface area contributed by atoms with E-state index >= 15 is 0 Å². The van der Waals surface area contributed by atoms with E-state index in [1.165, 1.54) is 3.97 Å². The van der Waals surface area contributed by atoms with Gasteiger partial charge in [-0.25, -0.2) is 17.4 Å². The molecule has 0 spiro atoms. The maximum Gasteiger partial charge on any atom is 0.269 e. The first-order valence-electron chi connectivity index (χ1n) is 8.33. The van der Waals surface area contributed by atoms with Crippen molar-refractivity contribution >= 4 is 26.7 Å². The molecule has 0 amide bonds. The number of para-hydroxylation sites is 1. The topological polar surface area (TPSA) is 67.2 Å². The molecule has 1 aromatic heterocycles. The zero-order valence-electron chi connectivity index (χ0n) is 14.0. The maximum absolute atomic E-state index is 13.1. The number of nitrogens with zero attached hydrogens (tertiary/aromatic N) is 3. The van der Waals surface area contributed by atoms with E-state index in [1.807, 2.05) is 18.2 Å². The first-order chi connectivity index (χ1) is 12.1. The molecule has 2 heterocycles.